The molecule has 0 saturated carbocycles. The van der Waals surface area contributed by atoms with Crippen LogP contribution in [0.4, 0.5) is 13.2 Å². The fourth-order valence-electron chi connectivity index (χ4n) is 1.08. The predicted molar refractivity (Wildman–Crippen MR) is 46.6 cm³/mol. The molecule has 0 spiro atoms. The fourth-order valence-corrected chi connectivity index (χ4v) is 1.08. The monoisotopic (exact) mass is 204 g/mol. The molecule has 0 fully saturated rings. The van der Waals surface area contributed by atoms with E-state index in [9.17, 15) is 13.2 Å². The maximum atomic E-state index is 12.2. The van der Waals surface area contributed by atoms with Gasteiger partial charge in [0.25, 0.3) is 0 Å². The Morgan fingerprint density at radius 1 is 1.43 bits per heavy atom. The van der Waals surface area contributed by atoms with Crippen LogP contribution in [0.1, 0.15) is 18.3 Å². The van der Waals surface area contributed by atoms with Crippen molar-refractivity contribution in [3.05, 3.63) is 29.6 Å². The van der Waals surface area contributed by atoms with Gasteiger partial charge in [-0.1, -0.05) is 6.07 Å². The number of hydrogen-bond acceptors (Lipinski definition) is 2. The van der Waals surface area contributed by atoms with Crippen molar-refractivity contribution in [1.82, 2.24) is 4.98 Å². The molecule has 1 unspecified atom stereocenters. The molecule has 0 radical (unpaired) electrons. The Kier molecular flexibility index (Phi) is 3.10. The highest BCUT2D eigenvalue weighted by Gasteiger charge is 2.32. The first kappa shape index (κ1) is 11.0. The molecule has 5 heteroatoms. The minimum absolute atomic E-state index is 0.189. The second-order valence-corrected chi connectivity index (χ2v) is 3.19. The van der Waals surface area contributed by atoms with E-state index < -0.39 is 11.9 Å². The maximum absolute atomic E-state index is 12.2. The standard InChI is InChI=1S/C9H11F3N2/c1-6(13)5-7-3-2-4-8(14-7)9(10,11)12/h2-4,6H,5,13H2,1H3. The highest BCUT2D eigenvalue weighted by Crippen LogP contribution is 2.27. The molecule has 0 aromatic carbocycles. The SMILES string of the molecule is CC(N)Cc1cccc(C(F)(F)F)n1. The van der Waals surface area contributed by atoms with Crippen LogP contribution < -0.4 is 5.73 Å². The molecule has 0 aliphatic rings. The van der Waals surface area contributed by atoms with Gasteiger partial charge in [-0.2, -0.15) is 13.2 Å². The quantitative estimate of drug-likeness (QED) is 0.800. The van der Waals surface area contributed by atoms with Gasteiger partial charge in [0.05, 0.1) is 0 Å². The third-order valence-electron chi connectivity index (χ3n) is 1.63. The van der Waals surface area contributed by atoms with Crippen molar-refractivity contribution in [3.63, 3.8) is 0 Å². The molecular formula is C9H11F3N2. The molecule has 1 rings (SSSR count). The molecule has 1 aromatic rings. The zero-order valence-corrected chi connectivity index (χ0v) is 7.67. The number of nitrogens with two attached hydrogens (primary N) is 1. The van der Waals surface area contributed by atoms with Crippen LogP contribution in [0.5, 0.6) is 0 Å². The van der Waals surface area contributed by atoms with E-state index in [1.165, 1.54) is 6.07 Å². The Balaban J connectivity index is 2.90. The summed E-state index contributed by atoms with van der Waals surface area (Å²) >= 11 is 0. The van der Waals surface area contributed by atoms with Gasteiger partial charge in [-0.3, -0.25) is 0 Å². The lowest BCUT2D eigenvalue weighted by Crippen LogP contribution is -2.19. The molecule has 1 atom stereocenters. The summed E-state index contributed by atoms with van der Waals surface area (Å²) < 4.78 is 36.6. The van der Waals surface area contributed by atoms with Crippen LogP contribution in [-0.4, -0.2) is 11.0 Å². The number of nitrogens with zero attached hydrogens (tertiary/aromatic N) is 1. The normalized spacial score (nSPS) is 14.1. The Hall–Kier alpha value is -1.10. The zero-order valence-electron chi connectivity index (χ0n) is 7.67. The van der Waals surface area contributed by atoms with Gasteiger partial charge in [0.2, 0.25) is 0 Å². The molecular weight excluding hydrogens is 193 g/mol. The van der Waals surface area contributed by atoms with Crippen LogP contribution >= 0.6 is 0 Å². The van der Waals surface area contributed by atoms with Crippen LogP contribution in [-0.2, 0) is 12.6 Å². The second-order valence-electron chi connectivity index (χ2n) is 3.19. The smallest absolute Gasteiger partial charge is 0.328 e. The summed E-state index contributed by atoms with van der Waals surface area (Å²) in [7, 11) is 0. The van der Waals surface area contributed by atoms with E-state index >= 15 is 0 Å². The third-order valence-corrected chi connectivity index (χ3v) is 1.63. The fraction of sp³-hybridized carbons (Fsp3) is 0.444. The van der Waals surface area contributed by atoms with Gasteiger partial charge in [0, 0.05) is 18.2 Å². The number of rotatable bonds is 2. The summed E-state index contributed by atoms with van der Waals surface area (Å²) in [5, 5.41) is 0. The molecule has 2 N–H and O–H groups in total. The highest BCUT2D eigenvalue weighted by molar-refractivity contribution is 5.14. The minimum atomic E-state index is -4.38. The van der Waals surface area contributed by atoms with Crippen molar-refractivity contribution in [2.24, 2.45) is 5.73 Å². The Labute approximate surface area is 79.9 Å². The van der Waals surface area contributed by atoms with Gasteiger partial charge in [-0.15, -0.1) is 0 Å². The largest absolute Gasteiger partial charge is 0.433 e. The first-order valence-electron chi connectivity index (χ1n) is 4.18. The molecule has 1 heterocycles. The van der Waals surface area contributed by atoms with E-state index in [2.05, 4.69) is 4.98 Å². The van der Waals surface area contributed by atoms with Gasteiger partial charge in [0.1, 0.15) is 5.69 Å². The van der Waals surface area contributed by atoms with Crippen molar-refractivity contribution in [1.29, 1.82) is 0 Å². The molecule has 0 saturated heterocycles. The number of halogens is 3. The molecule has 0 amide bonds. The van der Waals surface area contributed by atoms with Gasteiger partial charge < -0.3 is 5.73 Å². The number of pyridine rings is 1. The van der Waals surface area contributed by atoms with E-state index in [4.69, 9.17) is 5.73 Å². The Bertz CT molecular complexity index is 307. The second kappa shape index (κ2) is 3.96. The van der Waals surface area contributed by atoms with E-state index in [1.54, 1.807) is 13.0 Å². The van der Waals surface area contributed by atoms with Crippen LogP contribution in [0.25, 0.3) is 0 Å². The van der Waals surface area contributed by atoms with E-state index in [0.717, 1.165) is 6.07 Å². The van der Waals surface area contributed by atoms with Crippen LogP contribution in [0.2, 0.25) is 0 Å². The summed E-state index contributed by atoms with van der Waals surface area (Å²) in [5.74, 6) is 0. The first-order valence-corrected chi connectivity index (χ1v) is 4.18. The lowest BCUT2D eigenvalue weighted by molar-refractivity contribution is -0.141. The predicted octanol–water partition coefficient (Wildman–Crippen LogP) is 1.99. The number of aromatic nitrogens is 1. The Morgan fingerprint density at radius 3 is 2.57 bits per heavy atom. The average Bonchev–Trinajstić information content (AvgIpc) is 2.01. The van der Waals surface area contributed by atoms with Crippen LogP contribution in [0, 0.1) is 0 Å². The summed E-state index contributed by atoms with van der Waals surface area (Å²) in [5.41, 5.74) is 4.97. The van der Waals surface area contributed by atoms with Crippen LogP contribution in [0.15, 0.2) is 18.2 Å². The van der Waals surface area contributed by atoms with E-state index in [-0.39, 0.29) is 6.04 Å². The van der Waals surface area contributed by atoms with Crippen molar-refractivity contribution < 1.29 is 13.2 Å². The summed E-state index contributed by atoms with van der Waals surface area (Å²) in [4.78, 5) is 3.48. The van der Waals surface area contributed by atoms with Crippen molar-refractivity contribution >= 4 is 0 Å². The van der Waals surface area contributed by atoms with Gasteiger partial charge in [-0.25, -0.2) is 4.98 Å². The minimum Gasteiger partial charge on any atom is -0.328 e. The molecule has 0 aliphatic heterocycles. The maximum Gasteiger partial charge on any atom is 0.433 e. The highest BCUT2D eigenvalue weighted by atomic mass is 19.4. The molecule has 78 valence electrons. The first-order chi connectivity index (χ1) is 6.39. The van der Waals surface area contributed by atoms with E-state index in [1.807, 2.05) is 0 Å². The van der Waals surface area contributed by atoms with Crippen molar-refractivity contribution in [2.45, 2.75) is 25.6 Å². The summed E-state index contributed by atoms with van der Waals surface area (Å²) in [6, 6.07) is 3.64. The number of hydrogen-bond donors (Lipinski definition) is 1. The molecule has 1 aromatic heterocycles. The van der Waals surface area contributed by atoms with Crippen LogP contribution in [0.3, 0.4) is 0 Å². The lowest BCUT2D eigenvalue weighted by atomic mass is 10.1. The summed E-state index contributed by atoms with van der Waals surface area (Å²) in [6.45, 7) is 1.72. The van der Waals surface area contributed by atoms with Gasteiger partial charge in [-0.05, 0) is 19.1 Å². The molecule has 0 aliphatic carbocycles. The third kappa shape index (κ3) is 2.99. The topological polar surface area (TPSA) is 38.9 Å². The van der Waals surface area contributed by atoms with Crippen molar-refractivity contribution in [2.75, 3.05) is 0 Å². The van der Waals surface area contributed by atoms with Gasteiger partial charge >= 0.3 is 6.18 Å². The average molecular weight is 204 g/mol. The van der Waals surface area contributed by atoms with Gasteiger partial charge in [0.15, 0.2) is 0 Å². The summed E-state index contributed by atoms with van der Waals surface area (Å²) in [6.07, 6.45) is -4.03. The Morgan fingerprint density at radius 2 is 2.07 bits per heavy atom. The van der Waals surface area contributed by atoms with E-state index in [0.29, 0.717) is 12.1 Å². The van der Waals surface area contributed by atoms with Crippen molar-refractivity contribution in [3.8, 4) is 0 Å². The number of alkyl halides is 3. The lowest BCUT2D eigenvalue weighted by Gasteiger charge is -2.08. The molecule has 0 bridgehead atoms. The molecule has 14 heavy (non-hydrogen) atoms. The molecule has 2 nitrogen and oxygen atoms in total. The zero-order chi connectivity index (χ0) is 10.8.